The molecule has 0 saturated carbocycles. The van der Waals surface area contributed by atoms with Crippen LogP contribution in [0.2, 0.25) is 0 Å². The highest BCUT2D eigenvalue weighted by Gasteiger charge is 2.24. The summed E-state index contributed by atoms with van der Waals surface area (Å²) in [5, 5.41) is 8.90. The largest absolute Gasteiger partial charge is 0.338 e. The van der Waals surface area contributed by atoms with E-state index in [0.29, 0.717) is 24.2 Å². The van der Waals surface area contributed by atoms with Crippen molar-refractivity contribution in [3.05, 3.63) is 36.2 Å². The Morgan fingerprint density at radius 3 is 2.75 bits per heavy atom. The maximum atomic E-state index is 12.6. The molecule has 2 heterocycles. The number of nitrogens with zero attached hydrogens (tertiary/aromatic N) is 4. The van der Waals surface area contributed by atoms with Gasteiger partial charge in [0.1, 0.15) is 5.52 Å². The second-order valence-corrected chi connectivity index (χ2v) is 4.93. The maximum Gasteiger partial charge on any atom is 0.256 e. The van der Waals surface area contributed by atoms with E-state index in [1.807, 2.05) is 12.1 Å². The van der Waals surface area contributed by atoms with Crippen molar-refractivity contribution in [3.8, 4) is 6.07 Å². The van der Waals surface area contributed by atoms with Crippen LogP contribution in [0.4, 0.5) is 0 Å². The predicted octanol–water partition coefficient (Wildman–Crippen LogP) is 2.01. The Kier molecular flexibility index (Phi) is 3.30. The normalized spacial score (nSPS) is 16.1. The molecule has 2 aromatic rings. The second kappa shape index (κ2) is 5.25. The summed E-state index contributed by atoms with van der Waals surface area (Å²) >= 11 is 0. The van der Waals surface area contributed by atoms with Crippen molar-refractivity contribution in [3.63, 3.8) is 0 Å². The zero-order valence-electron chi connectivity index (χ0n) is 11.0. The fourth-order valence-electron chi connectivity index (χ4n) is 2.55. The summed E-state index contributed by atoms with van der Waals surface area (Å²) in [7, 11) is 0. The number of piperidine rings is 1. The molecule has 0 spiro atoms. The Bertz CT molecular complexity index is 678. The van der Waals surface area contributed by atoms with Crippen molar-refractivity contribution in [1.82, 2.24) is 14.9 Å². The van der Waals surface area contributed by atoms with Crippen LogP contribution in [-0.4, -0.2) is 33.9 Å². The molecule has 1 aliphatic rings. The van der Waals surface area contributed by atoms with Gasteiger partial charge in [-0.05, 0) is 25.0 Å². The van der Waals surface area contributed by atoms with Gasteiger partial charge in [0, 0.05) is 31.4 Å². The van der Waals surface area contributed by atoms with E-state index in [1.165, 1.54) is 0 Å². The molecule has 0 bridgehead atoms. The van der Waals surface area contributed by atoms with Crippen LogP contribution in [0, 0.1) is 17.2 Å². The lowest BCUT2D eigenvalue weighted by atomic mass is 9.98. The minimum Gasteiger partial charge on any atom is -0.338 e. The monoisotopic (exact) mass is 266 g/mol. The molecular weight excluding hydrogens is 252 g/mol. The first-order chi connectivity index (χ1) is 9.79. The summed E-state index contributed by atoms with van der Waals surface area (Å²) in [5.41, 5.74) is 1.96. The molecule has 1 aliphatic heterocycles. The molecule has 0 atom stereocenters. The molecule has 0 radical (unpaired) electrons. The minimum atomic E-state index is -0.0208. The number of nitriles is 1. The average Bonchev–Trinajstić information content (AvgIpc) is 2.54. The first-order valence-corrected chi connectivity index (χ1v) is 6.68. The number of rotatable bonds is 1. The number of likely N-dealkylation sites (tertiary alicyclic amines) is 1. The predicted molar refractivity (Wildman–Crippen MR) is 73.8 cm³/mol. The molecule has 0 unspecified atom stereocenters. The van der Waals surface area contributed by atoms with E-state index in [-0.39, 0.29) is 11.8 Å². The van der Waals surface area contributed by atoms with Gasteiger partial charge in [-0.1, -0.05) is 6.07 Å². The van der Waals surface area contributed by atoms with E-state index in [0.717, 1.165) is 18.4 Å². The van der Waals surface area contributed by atoms with Crippen LogP contribution in [0.3, 0.4) is 0 Å². The summed E-state index contributed by atoms with van der Waals surface area (Å²) < 4.78 is 0. The van der Waals surface area contributed by atoms with E-state index in [1.54, 1.807) is 23.4 Å². The molecule has 1 saturated heterocycles. The van der Waals surface area contributed by atoms with Crippen LogP contribution in [-0.2, 0) is 0 Å². The molecule has 0 aliphatic carbocycles. The highest BCUT2D eigenvalue weighted by Crippen LogP contribution is 2.21. The molecule has 1 fully saturated rings. The van der Waals surface area contributed by atoms with Gasteiger partial charge in [0.05, 0.1) is 17.1 Å². The third-order valence-corrected chi connectivity index (χ3v) is 3.69. The smallest absolute Gasteiger partial charge is 0.256 e. The SMILES string of the molecule is N#CC1CCN(C(=O)c2cccc3nccnc23)CC1. The van der Waals surface area contributed by atoms with Gasteiger partial charge >= 0.3 is 0 Å². The van der Waals surface area contributed by atoms with Crippen LogP contribution >= 0.6 is 0 Å². The van der Waals surface area contributed by atoms with Crippen LogP contribution in [0.1, 0.15) is 23.2 Å². The Hall–Kier alpha value is -2.48. The molecular formula is C15H14N4O. The Morgan fingerprint density at radius 1 is 1.25 bits per heavy atom. The number of hydrogen-bond donors (Lipinski definition) is 0. The van der Waals surface area contributed by atoms with Gasteiger partial charge in [0.15, 0.2) is 0 Å². The summed E-state index contributed by atoms with van der Waals surface area (Å²) in [4.78, 5) is 22.9. The van der Waals surface area contributed by atoms with E-state index in [9.17, 15) is 4.79 Å². The van der Waals surface area contributed by atoms with Crippen molar-refractivity contribution >= 4 is 16.9 Å². The number of carbonyl (C=O) groups is 1. The number of amides is 1. The molecule has 1 aromatic carbocycles. The molecule has 100 valence electrons. The highest BCUT2D eigenvalue weighted by atomic mass is 16.2. The van der Waals surface area contributed by atoms with Gasteiger partial charge < -0.3 is 4.90 Å². The van der Waals surface area contributed by atoms with Gasteiger partial charge in [-0.15, -0.1) is 0 Å². The lowest BCUT2D eigenvalue weighted by Crippen LogP contribution is -2.38. The zero-order valence-corrected chi connectivity index (χ0v) is 11.0. The molecule has 20 heavy (non-hydrogen) atoms. The summed E-state index contributed by atoms with van der Waals surface area (Å²) in [6, 6.07) is 7.73. The quantitative estimate of drug-likeness (QED) is 0.791. The van der Waals surface area contributed by atoms with Gasteiger partial charge in [0.2, 0.25) is 0 Å². The molecule has 0 N–H and O–H groups in total. The molecule has 5 nitrogen and oxygen atoms in total. The van der Waals surface area contributed by atoms with E-state index >= 15 is 0 Å². The maximum absolute atomic E-state index is 12.6. The molecule has 5 heteroatoms. The van der Waals surface area contributed by atoms with E-state index in [2.05, 4.69) is 16.0 Å². The lowest BCUT2D eigenvalue weighted by Gasteiger charge is -2.29. The highest BCUT2D eigenvalue weighted by molar-refractivity contribution is 6.04. The first kappa shape index (κ1) is 12.5. The van der Waals surface area contributed by atoms with Gasteiger partial charge in [-0.2, -0.15) is 5.26 Å². The Labute approximate surface area is 116 Å². The molecule has 1 aromatic heterocycles. The summed E-state index contributed by atoms with van der Waals surface area (Å²) in [6.45, 7) is 1.27. The fraction of sp³-hybridized carbons (Fsp3) is 0.333. The zero-order chi connectivity index (χ0) is 13.9. The number of hydrogen-bond acceptors (Lipinski definition) is 4. The second-order valence-electron chi connectivity index (χ2n) is 4.93. The lowest BCUT2D eigenvalue weighted by molar-refractivity contribution is 0.0709. The minimum absolute atomic E-state index is 0.0208. The van der Waals surface area contributed by atoms with Crippen molar-refractivity contribution < 1.29 is 4.79 Å². The summed E-state index contributed by atoms with van der Waals surface area (Å²) in [6.07, 6.45) is 4.72. The third kappa shape index (κ3) is 2.21. The summed E-state index contributed by atoms with van der Waals surface area (Å²) in [5.74, 6) is 0.0545. The van der Waals surface area contributed by atoms with Gasteiger partial charge in [-0.3, -0.25) is 14.8 Å². The third-order valence-electron chi connectivity index (χ3n) is 3.69. The number of fused-ring (bicyclic) bond motifs is 1. The average molecular weight is 266 g/mol. The number of carbonyl (C=O) groups excluding carboxylic acids is 1. The van der Waals surface area contributed by atoms with Crippen LogP contribution in [0.5, 0.6) is 0 Å². The standard InChI is InChI=1S/C15H14N4O/c16-10-11-4-8-19(9-5-11)15(20)12-2-1-3-13-14(12)18-7-6-17-13/h1-3,6-7,11H,4-5,8-9H2. The van der Waals surface area contributed by atoms with E-state index < -0.39 is 0 Å². The molecule has 1 amide bonds. The Balaban J connectivity index is 1.88. The van der Waals surface area contributed by atoms with Crippen LogP contribution in [0.25, 0.3) is 11.0 Å². The van der Waals surface area contributed by atoms with Gasteiger partial charge in [-0.25, -0.2) is 0 Å². The van der Waals surface area contributed by atoms with Crippen LogP contribution < -0.4 is 0 Å². The van der Waals surface area contributed by atoms with Crippen molar-refractivity contribution in [1.29, 1.82) is 5.26 Å². The van der Waals surface area contributed by atoms with E-state index in [4.69, 9.17) is 5.26 Å². The molecule has 3 rings (SSSR count). The van der Waals surface area contributed by atoms with Crippen molar-refractivity contribution in [2.75, 3.05) is 13.1 Å². The first-order valence-electron chi connectivity index (χ1n) is 6.68. The topological polar surface area (TPSA) is 69.9 Å². The van der Waals surface area contributed by atoms with Crippen molar-refractivity contribution in [2.24, 2.45) is 5.92 Å². The number of para-hydroxylation sites is 1. The van der Waals surface area contributed by atoms with Gasteiger partial charge in [0.25, 0.3) is 5.91 Å². The van der Waals surface area contributed by atoms with Crippen LogP contribution in [0.15, 0.2) is 30.6 Å². The number of benzene rings is 1. The Morgan fingerprint density at radius 2 is 2.00 bits per heavy atom. The van der Waals surface area contributed by atoms with Crippen molar-refractivity contribution in [2.45, 2.75) is 12.8 Å². The number of aromatic nitrogens is 2. The fourth-order valence-corrected chi connectivity index (χ4v) is 2.55.